The van der Waals surface area contributed by atoms with E-state index in [1.807, 2.05) is 0 Å². The van der Waals surface area contributed by atoms with Crippen LogP contribution in [0.15, 0.2) is 0 Å². The van der Waals surface area contributed by atoms with Crippen molar-refractivity contribution in [3.8, 4) is 0 Å². The average Bonchev–Trinajstić information content (AvgIpc) is 1.86. The monoisotopic (exact) mass is 220 g/mol. The smallest absolute Gasteiger partial charge is 0.0232 e. The minimum Gasteiger partial charge on any atom is -0.0856 e. The van der Waals surface area contributed by atoms with Gasteiger partial charge in [0, 0.05) is 4.32 Å². The molecule has 68 valence electrons. The van der Waals surface area contributed by atoms with Crippen LogP contribution in [0.1, 0.15) is 53.9 Å². The van der Waals surface area contributed by atoms with Crippen LogP contribution in [0, 0.1) is 5.41 Å². The molecule has 11 heavy (non-hydrogen) atoms. The van der Waals surface area contributed by atoms with Crippen LogP contribution in [0.4, 0.5) is 0 Å². The van der Waals surface area contributed by atoms with Gasteiger partial charge in [0.25, 0.3) is 0 Å². The Morgan fingerprint density at radius 2 is 1.45 bits per heavy atom. The van der Waals surface area contributed by atoms with Crippen molar-refractivity contribution in [1.82, 2.24) is 0 Å². The Hall–Kier alpha value is 0.480. The van der Waals surface area contributed by atoms with Gasteiger partial charge in [-0.05, 0) is 25.2 Å². The Morgan fingerprint density at radius 3 is 1.73 bits per heavy atom. The molecule has 1 unspecified atom stereocenters. The molecule has 0 aliphatic rings. The Kier molecular flexibility index (Phi) is 4.10. The fourth-order valence-electron chi connectivity index (χ4n) is 1.25. The summed E-state index contributed by atoms with van der Waals surface area (Å²) in [6.45, 7) is 11.5. The predicted octanol–water partition coefficient (Wildman–Crippen LogP) is 4.38. The van der Waals surface area contributed by atoms with Gasteiger partial charge >= 0.3 is 0 Å². The Morgan fingerprint density at radius 1 is 1.00 bits per heavy atom. The van der Waals surface area contributed by atoms with Crippen LogP contribution >= 0.6 is 15.9 Å². The topological polar surface area (TPSA) is 0 Å². The Balaban J connectivity index is 4.02. The first kappa shape index (κ1) is 11.5. The maximum absolute atomic E-state index is 3.76. The summed E-state index contributed by atoms with van der Waals surface area (Å²) in [4.78, 5) is 0. The van der Waals surface area contributed by atoms with E-state index in [1.54, 1.807) is 0 Å². The first-order chi connectivity index (χ1) is 4.83. The predicted molar refractivity (Wildman–Crippen MR) is 56.3 cm³/mol. The van der Waals surface area contributed by atoms with Crippen LogP contribution in [-0.4, -0.2) is 4.32 Å². The van der Waals surface area contributed by atoms with Crippen molar-refractivity contribution < 1.29 is 0 Å². The van der Waals surface area contributed by atoms with E-state index in [0.717, 1.165) is 0 Å². The molecule has 0 nitrogen and oxygen atoms in total. The first-order valence-electron chi connectivity index (χ1n) is 4.52. The van der Waals surface area contributed by atoms with Gasteiger partial charge in [-0.3, -0.25) is 0 Å². The van der Waals surface area contributed by atoms with E-state index in [0.29, 0.717) is 9.74 Å². The quantitative estimate of drug-likeness (QED) is 0.618. The van der Waals surface area contributed by atoms with E-state index in [-0.39, 0.29) is 0 Å². The van der Waals surface area contributed by atoms with Crippen molar-refractivity contribution in [1.29, 1.82) is 0 Å². The third kappa shape index (κ3) is 4.84. The van der Waals surface area contributed by atoms with Crippen LogP contribution < -0.4 is 0 Å². The fraction of sp³-hybridized carbons (Fsp3) is 1.00. The molecule has 0 N–H and O–H groups in total. The minimum absolute atomic E-state index is 0.340. The summed E-state index contributed by atoms with van der Waals surface area (Å²) in [5.74, 6) is 0. The molecule has 0 amide bonds. The second kappa shape index (κ2) is 3.93. The minimum atomic E-state index is 0.340. The van der Waals surface area contributed by atoms with Crippen molar-refractivity contribution in [2.75, 3.05) is 0 Å². The molecule has 0 aromatic rings. The number of hydrogen-bond acceptors (Lipinski definition) is 0. The van der Waals surface area contributed by atoms with Gasteiger partial charge < -0.3 is 0 Å². The lowest BCUT2D eigenvalue weighted by Crippen LogP contribution is -2.24. The van der Waals surface area contributed by atoms with Crippen LogP contribution in [-0.2, 0) is 0 Å². The zero-order valence-electron chi connectivity index (χ0n) is 8.50. The Labute approximate surface area is 79.9 Å². The standard InChI is InChI=1S/C10H21Br/c1-6-9(3,4)8-10(5,11)7-2/h6-8H2,1-5H3. The van der Waals surface area contributed by atoms with Gasteiger partial charge in [0.2, 0.25) is 0 Å². The highest BCUT2D eigenvalue weighted by Gasteiger charge is 2.27. The van der Waals surface area contributed by atoms with E-state index >= 15 is 0 Å². The molecule has 1 heteroatoms. The van der Waals surface area contributed by atoms with Crippen molar-refractivity contribution in [3.63, 3.8) is 0 Å². The molecule has 1 atom stereocenters. The lowest BCUT2D eigenvalue weighted by atomic mass is 9.80. The van der Waals surface area contributed by atoms with Gasteiger partial charge in [-0.2, -0.15) is 0 Å². The number of halogens is 1. The zero-order chi connectivity index (χ0) is 9.12. The molecular weight excluding hydrogens is 200 g/mol. The fourth-order valence-corrected chi connectivity index (χ4v) is 2.01. The molecular formula is C10H21Br. The van der Waals surface area contributed by atoms with Gasteiger partial charge in [0.1, 0.15) is 0 Å². The van der Waals surface area contributed by atoms with Crippen LogP contribution in [0.25, 0.3) is 0 Å². The molecule has 0 aliphatic carbocycles. The highest BCUT2D eigenvalue weighted by atomic mass is 79.9. The summed E-state index contributed by atoms with van der Waals surface area (Å²) in [5, 5.41) is 0. The highest BCUT2D eigenvalue weighted by molar-refractivity contribution is 9.10. The van der Waals surface area contributed by atoms with E-state index in [4.69, 9.17) is 0 Å². The largest absolute Gasteiger partial charge is 0.0856 e. The van der Waals surface area contributed by atoms with E-state index in [9.17, 15) is 0 Å². The molecule has 0 radical (unpaired) electrons. The summed E-state index contributed by atoms with van der Waals surface area (Å²) >= 11 is 3.76. The van der Waals surface area contributed by atoms with Crippen LogP contribution in [0.2, 0.25) is 0 Å². The number of hydrogen-bond donors (Lipinski definition) is 0. The SMILES string of the molecule is CCC(C)(C)CC(C)(Br)CC. The molecule has 0 aromatic carbocycles. The zero-order valence-corrected chi connectivity index (χ0v) is 10.1. The van der Waals surface area contributed by atoms with E-state index < -0.39 is 0 Å². The molecule has 0 rings (SSSR count). The second-order valence-corrected chi connectivity index (χ2v) is 6.38. The van der Waals surface area contributed by atoms with Crippen molar-refractivity contribution in [2.45, 2.75) is 58.2 Å². The van der Waals surface area contributed by atoms with Gasteiger partial charge in [0.05, 0.1) is 0 Å². The maximum Gasteiger partial charge on any atom is 0.0232 e. The van der Waals surface area contributed by atoms with Gasteiger partial charge in [-0.15, -0.1) is 0 Å². The molecule has 0 heterocycles. The Bertz CT molecular complexity index is 100. The summed E-state index contributed by atoms with van der Waals surface area (Å²) < 4.78 is 0.340. The van der Waals surface area contributed by atoms with Gasteiger partial charge in [-0.25, -0.2) is 0 Å². The number of rotatable bonds is 4. The maximum atomic E-state index is 3.76. The molecule has 0 bridgehead atoms. The molecule has 0 saturated heterocycles. The van der Waals surface area contributed by atoms with Crippen molar-refractivity contribution >= 4 is 15.9 Å². The third-order valence-electron chi connectivity index (χ3n) is 2.54. The molecule has 0 aliphatic heterocycles. The van der Waals surface area contributed by atoms with E-state index in [1.165, 1.54) is 19.3 Å². The van der Waals surface area contributed by atoms with Gasteiger partial charge in [0.15, 0.2) is 0 Å². The van der Waals surface area contributed by atoms with Crippen LogP contribution in [0.5, 0.6) is 0 Å². The summed E-state index contributed by atoms with van der Waals surface area (Å²) in [7, 11) is 0. The lowest BCUT2D eigenvalue weighted by Gasteiger charge is -2.32. The van der Waals surface area contributed by atoms with Crippen molar-refractivity contribution in [3.05, 3.63) is 0 Å². The molecule has 0 aromatic heterocycles. The van der Waals surface area contributed by atoms with Gasteiger partial charge in [-0.1, -0.05) is 50.0 Å². The normalized spacial score (nSPS) is 18.0. The van der Waals surface area contributed by atoms with E-state index in [2.05, 4.69) is 50.5 Å². The second-order valence-electron chi connectivity index (χ2n) is 4.46. The average molecular weight is 221 g/mol. The summed E-state index contributed by atoms with van der Waals surface area (Å²) in [5.41, 5.74) is 0.480. The molecule has 0 spiro atoms. The van der Waals surface area contributed by atoms with Crippen molar-refractivity contribution in [2.24, 2.45) is 5.41 Å². The first-order valence-corrected chi connectivity index (χ1v) is 5.31. The highest BCUT2D eigenvalue weighted by Crippen LogP contribution is 2.37. The lowest BCUT2D eigenvalue weighted by molar-refractivity contribution is 0.284. The summed E-state index contributed by atoms with van der Waals surface area (Å²) in [6.07, 6.45) is 3.72. The molecule has 0 saturated carbocycles. The third-order valence-corrected chi connectivity index (χ3v) is 3.38. The molecule has 0 fully saturated rings. The summed E-state index contributed by atoms with van der Waals surface area (Å²) in [6, 6.07) is 0. The van der Waals surface area contributed by atoms with Crippen LogP contribution in [0.3, 0.4) is 0 Å². The number of alkyl halides is 1.